The van der Waals surface area contributed by atoms with E-state index in [9.17, 15) is 14.4 Å². The Balaban J connectivity index is 4.30. The van der Waals surface area contributed by atoms with Crippen molar-refractivity contribution in [3.8, 4) is 0 Å². The third kappa shape index (κ3) is 41.6. The van der Waals surface area contributed by atoms with Gasteiger partial charge in [-0.2, -0.15) is 0 Å². The van der Waals surface area contributed by atoms with E-state index in [1.165, 1.54) is 161 Å². The number of hydrogen-bond acceptors (Lipinski definition) is 6. The zero-order chi connectivity index (χ0) is 39.6. The van der Waals surface area contributed by atoms with Crippen molar-refractivity contribution in [3.05, 3.63) is 0 Å². The molecule has 0 aliphatic rings. The quantitative estimate of drug-likeness (QED) is 0.0349. The molecule has 1 atom stereocenters. The van der Waals surface area contributed by atoms with Gasteiger partial charge in [-0.15, -0.1) is 0 Å². The van der Waals surface area contributed by atoms with Crippen molar-refractivity contribution in [3.63, 3.8) is 0 Å². The van der Waals surface area contributed by atoms with E-state index in [2.05, 4.69) is 27.7 Å². The number of carbonyl (C=O) groups excluding carboxylic acids is 3. The maximum Gasteiger partial charge on any atom is 0.306 e. The van der Waals surface area contributed by atoms with Crippen LogP contribution >= 0.6 is 0 Å². The molecule has 0 N–H and O–H groups in total. The molecule has 0 aliphatic heterocycles. The van der Waals surface area contributed by atoms with Gasteiger partial charge < -0.3 is 14.2 Å². The smallest absolute Gasteiger partial charge is 0.306 e. The fourth-order valence-electron chi connectivity index (χ4n) is 7.16. The lowest BCUT2D eigenvalue weighted by Gasteiger charge is -2.18. The fourth-order valence-corrected chi connectivity index (χ4v) is 7.16. The molecule has 0 spiro atoms. The van der Waals surface area contributed by atoms with E-state index < -0.39 is 6.10 Å². The number of unbranched alkanes of at least 4 members (excludes halogenated alkanes) is 30. The van der Waals surface area contributed by atoms with Gasteiger partial charge in [0, 0.05) is 19.3 Å². The van der Waals surface area contributed by atoms with Gasteiger partial charge in [0.15, 0.2) is 6.10 Å². The Morgan fingerprint density at radius 1 is 0.352 bits per heavy atom. The number of rotatable bonds is 43. The summed E-state index contributed by atoms with van der Waals surface area (Å²) in [4.78, 5) is 37.7. The SMILES string of the molecule is CCCCCCCCCCCCCCCC(=O)O[C@H](COC(=O)CCCCCCCCCCC)COC(=O)CCCCCCCCCCCCCC(C)C. The van der Waals surface area contributed by atoms with Crippen molar-refractivity contribution in [2.75, 3.05) is 13.2 Å². The van der Waals surface area contributed by atoms with Crippen molar-refractivity contribution in [2.45, 2.75) is 271 Å². The Bertz CT molecular complexity index is 811. The number of carbonyl (C=O) groups is 3. The highest BCUT2D eigenvalue weighted by molar-refractivity contribution is 5.71. The Morgan fingerprint density at radius 3 is 0.907 bits per heavy atom. The second-order valence-corrected chi connectivity index (χ2v) is 16.9. The number of ether oxygens (including phenoxy) is 3. The van der Waals surface area contributed by atoms with Crippen LogP contribution in [0.25, 0.3) is 0 Å². The molecule has 0 radical (unpaired) electrons. The van der Waals surface area contributed by atoms with Gasteiger partial charge in [-0.3, -0.25) is 14.4 Å². The molecule has 6 nitrogen and oxygen atoms in total. The van der Waals surface area contributed by atoms with E-state index in [1.54, 1.807) is 0 Å². The molecule has 0 aliphatic carbocycles. The molecule has 0 aromatic heterocycles. The Labute approximate surface area is 336 Å². The summed E-state index contributed by atoms with van der Waals surface area (Å²) >= 11 is 0. The highest BCUT2D eigenvalue weighted by atomic mass is 16.6. The highest BCUT2D eigenvalue weighted by Crippen LogP contribution is 2.16. The molecule has 0 aromatic rings. The zero-order valence-electron chi connectivity index (χ0n) is 36.7. The minimum Gasteiger partial charge on any atom is -0.462 e. The van der Waals surface area contributed by atoms with E-state index in [4.69, 9.17) is 14.2 Å². The lowest BCUT2D eigenvalue weighted by molar-refractivity contribution is -0.167. The summed E-state index contributed by atoms with van der Waals surface area (Å²) in [7, 11) is 0. The fraction of sp³-hybridized carbons (Fsp3) is 0.938. The maximum absolute atomic E-state index is 12.7. The molecular formula is C48H92O6. The van der Waals surface area contributed by atoms with E-state index in [0.717, 1.165) is 63.7 Å². The monoisotopic (exact) mass is 765 g/mol. The van der Waals surface area contributed by atoms with Gasteiger partial charge in [-0.05, 0) is 25.2 Å². The molecule has 0 heterocycles. The van der Waals surface area contributed by atoms with Gasteiger partial charge in [0.25, 0.3) is 0 Å². The van der Waals surface area contributed by atoms with Gasteiger partial charge in [-0.25, -0.2) is 0 Å². The summed E-state index contributed by atoms with van der Waals surface area (Å²) < 4.78 is 16.7. The van der Waals surface area contributed by atoms with Gasteiger partial charge in [0.1, 0.15) is 13.2 Å². The molecule has 6 heteroatoms. The van der Waals surface area contributed by atoms with Gasteiger partial charge >= 0.3 is 17.9 Å². The first-order valence-electron chi connectivity index (χ1n) is 23.9. The second-order valence-electron chi connectivity index (χ2n) is 16.9. The molecular weight excluding hydrogens is 673 g/mol. The summed E-state index contributed by atoms with van der Waals surface area (Å²) in [5, 5.41) is 0. The normalized spacial score (nSPS) is 11.9. The first-order chi connectivity index (χ1) is 26.4. The summed E-state index contributed by atoms with van der Waals surface area (Å²) in [6, 6.07) is 0. The number of hydrogen-bond donors (Lipinski definition) is 0. The standard InChI is InChI=1S/C48H92O6/c1-5-7-9-11-13-15-16-17-20-25-29-33-37-41-48(51)54-45(42-52-46(49)39-35-31-27-22-14-12-10-8-6-2)43-53-47(50)40-36-32-28-24-21-18-19-23-26-30-34-38-44(3)4/h44-45H,5-43H2,1-4H3/t45-/m1/s1. The Hall–Kier alpha value is -1.59. The average Bonchev–Trinajstić information content (AvgIpc) is 3.15. The van der Waals surface area contributed by atoms with Crippen molar-refractivity contribution in [1.29, 1.82) is 0 Å². The molecule has 0 saturated carbocycles. The van der Waals surface area contributed by atoms with Gasteiger partial charge in [-0.1, -0.05) is 227 Å². The van der Waals surface area contributed by atoms with Gasteiger partial charge in [0.05, 0.1) is 0 Å². The second kappa shape index (κ2) is 42.6. The van der Waals surface area contributed by atoms with E-state index >= 15 is 0 Å². The Morgan fingerprint density at radius 2 is 0.611 bits per heavy atom. The van der Waals surface area contributed by atoms with Crippen LogP contribution in [-0.4, -0.2) is 37.2 Å². The van der Waals surface area contributed by atoms with Crippen molar-refractivity contribution in [2.24, 2.45) is 5.92 Å². The third-order valence-electron chi connectivity index (χ3n) is 10.8. The summed E-state index contributed by atoms with van der Waals surface area (Å²) in [6.07, 6.45) is 42.3. The van der Waals surface area contributed by atoms with Crippen molar-refractivity contribution in [1.82, 2.24) is 0 Å². The lowest BCUT2D eigenvalue weighted by atomic mass is 10.0. The summed E-state index contributed by atoms with van der Waals surface area (Å²) in [6.45, 7) is 8.99. The zero-order valence-corrected chi connectivity index (χ0v) is 36.7. The maximum atomic E-state index is 12.7. The largest absolute Gasteiger partial charge is 0.462 e. The van der Waals surface area contributed by atoms with E-state index in [0.29, 0.717) is 19.3 Å². The van der Waals surface area contributed by atoms with Crippen LogP contribution < -0.4 is 0 Å². The van der Waals surface area contributed by atoms with Gasteiger partial charge in [0.2, 0.25) is 0 Å². The molecule has 54 heavy (non-hydrogen) atoms. The molecule has 320 valence electrons. The predicted molar refractivity (Wildman–Crippen MR) is 229 cm³/mol. The van der Waals surface area contributed by atoms with Crippen LogP contribution in [0.1, 0.15) is 265 Å². The van der Waals surface area contributed by atoms with Crippen molar-refractivity contribution < 1.29 is 28.6 Å². The minimum atomic E-state index is -0.759. The van der Waals surface area contributed by atoms with Crippen LogP contribution in [0.15, 0.2) is 0 Å². The lowest BCUT2D eigenvalue weighted by Crippen LogP contribution is -2.30. The third-order valence-corrected chi connectivity index (χ3v) is 10.8. The van der Waals surface area contributed by atoms with Crippen LogP contribution in [0.2, 0.25) is 0 Å². The highest BCUT2D eigenvalue weighted by Gasteiger charge is 2.19. The first kappa shape index (κ1) is 52.4. The van der Waals surface area contributed by atoms with Crippen LogP contribution in [0.4, 0.5) is 0 Å². The van der Waals surface area contributed by atoms with E-state index in [-0.39, 0.29) is 31.1 Å². The molecule has 0 unspecified atom stereocenters. The molecule has 0 fully saturated rings. The minimum absolute atomic E-state index is 0.0635. The molecule has 0 aromatic carbocycles. The van der Waals surface area contributed by atoms with Crippen LogP contribution in [0.5, 0.6) is 0 Å². The van der Waals surface area contributed by atoms with Crippen LogP contribution in [0.3, 0.4) is 0 Å². The summed E-state index contributed by atoms with van der Waals surface area (Å²) in [5.41, 5.74) is 0. The van der Waals surface area contributed by atoms with Crippen LogP contribution in [-0.2, 0) is 28.6 Å². The molecule has 0 saturated heterocycles. The van der Waals surface area contributed by atoms with Crippen molar-refractivity contribution >= 4 is 17.9 Å². The van der Waals surface area contributed by atoms with Crippen LogP contribution in [0, 0.1) is 5.92 Å². The molecule has 0 amide bonds. The van der Waals surface area contributed by atoms with E-state index in [1.807, 2.05) is 0 Å². The molecule has 0 bridgehead atoms. The predicted octanol–water partition coefficient (Wildman–Crippen LogP) is 15.1. The Kier molecular flexibility index (Phi) is 41.3. The molecule has 0 rings (SSSR count). The average molecular weight is 765 g/mol. The number of esters is 3. The topological polar surface area (TPSA) is 78.9 Å². The first-order valence-corrected chi connectivity index (χ1v) is 23.9. The summed E-state index contributed by atoms with van der Waals surface area (Å²) in [5.74, 6) is -0.0258.